The highest BCUT2D eigenvalue weighted by Gasteiger charge is 2.09. The Labute approximate surface area is 91.8 Å². The van der Waals surface area contributed by atoms with Crippen LogP contribution in [0.5, 0.6) is 0 Å². The minimum absolute atomic E-state index is 0.136. The SMILES string of the molecule is C#CC(CC)Nc1c(F)cccc1Br. The van der Waals surface area contributed by atoms with Gasteiger partial charge in [-0.2, -0.15) is 0 Å². The van der Waals surface area contributed by atoms with E-state index < -0.39 is 0 Å². The Bertz CT molecular complexity index is 337. The van der Waals surface area contributed by atoms with Crippen LogP contribution in [-0.2, 0) is 0 Å². The summed E-state index contributed by atoms with van der Waals surface area (Å²) in [6, 6.07) is 4.68. The molecule has 0 aliphatic carbocycles. The molecule has 1 unspecified atom stereocenters. The zero-order valence-corrected chi connectivity index (χ0v) is 9.44. The summed E-state index contributed by atoms with van der Waals surface area (Å²) >= 11 is 3.26. The minimum Gasteiger partial charge on any atom is -0.368 e. The number of rotatable bonds is 3. The predicted molar refractivity (Wildman–Crippen MR) is 60.6 cm³/mol. The summed E-state index contributed by atoms with van der Waals surface area (Å²) in [7, 11) is 0. The normalized spacial score (nSPS) is 11.9. The zero-order chi connectivity index (χ0) is 10.6. The molecular weight excluding hydrogens is 245 g/mol. The van der Waals surface area contributed by atoms with Gasteiger partial charge in [0.25, 0.3) is 0 Å². The molecule has 0 saturated carbocycles. The maximum Gasteiger partial charge on any atom is 0.147 e. The van der Waals surface area contributed by atoms with Crippen molar-refractivity contribution in [2.75, 3.05) is 5.32 Å². The second kappa shape index (κ2) is 5.02. The Balaban J connectivity index is 2.91. The molecule has 0 aromatic heterocycles. The van der Waals surface area contributed by atoms with Crippen molar-refractivity contribution in [3.63, 3.8) is 0 Å². The van der Waals surface area contributed by atoms with Gasteiger partial charge in [-0.1, -0.05) is 18.9 Å². The summed E-state index contributed by atoms with van der Waals surface area (Å²) in [5.74, 6) is 2.26. The fraction of sp³-hybridized carbons (Fsp3) is 0.273. The van der Waals surface area contributed by atoms with Gasteiger partial charge in [-0.05, 0) is 34.5 Å². The van der Waals surface area contributed by atoms with Gasteiger partial charge in [-0.25, -0.2) is 4.39 Å². The Morgan fingerprint density at radius 3 is 2.86 bits per heavy atom. The molecule has 0 heterocycles. The van der Waals surface area contributed by atoms with Gasteiger partial charge >= 0.3 is 0 Å². The molecular formula is C11H11BrFN. The van der Waals surface area contributed by atoms with Gasteiger partial charge in [0, 0.05) is 4.47 Å². The Kier molecular flexibility index (Phi) is 3.97. The first-order chi connectivity index (χ1) is 6.69. The minimum atomic E-state index is -0.298. The van der Waals surface area contributed by atoms with E-state index in [1.54, 1.807) is 12.1 Å². The van der Waals surface area contributed by atoms with Crippen LogP contribution < -0.4 is 5.32 Å². The molecule has 1 aromatic carbocycles. The summed E-state index contributed by atoms with van der Waals surface area (Å²) < 4.78 is 14.0. The molecule has 0 aliphatic heterocycles. The lowest BCUT2D eigenvalue weighted by Gasteiger charge is -2.14. The number of hydrogen-bond donors (Lipinski definition) is 1. The van der Waals surface area contributed by atoms with Crippen molar-refractivity contribution < 1.29 is 4.39 Å². The fourth-order valence-corrected chi connectivity index (χ4v) is 1.53. The summed E-state index contributed by atoms with van der Waals surface area (Å²) in [6.45, 7) is 1.95. The molecule has 0 fully saturated rings. The van der Waals surface area contributed by atoms with Crippen LogP contribution >= 0.6 is 15.9 Å². The lowest BCUT2D eigenvalue weighted by molar-refractivity contribution is 0.627. The number of benzene rings is 1. The highest BCUT2D eigenvalue weighted by atomic mass is 79.9. The van der Waals surface area contributed by atoms with Gasteiger partial charge < -0.3 is 5.32 Å². The molecule has 1 atom stereocenters. The molecule has 14 heavy (non-hydrogen) atoms. The molecule has 1 N–H and O–H groups in total. The molecule has 0 radical (unpaired) electrons. The van der Waals surface area contributed by atoms with Crippen LogP contribution in [0.25, 0.3) is 0 Å². The zero-order valence-electron chi connectivity index (χ0n) is 7.85. The van der Waals surface area contributed by atoms with Crippen LogP contribution in [0.15, 0.2) is 22.7 Å². The molecule has 0 saturated heterocycles. The van der Waals surface area contributed by atoms with E-state index in [4.69, 9.17) is 6.42 Å². The first-order valence-corrected chi connectivity index (χ1v) is 5.15. The van der Waals surface area contributed by atoms with Crippen molar-refractivity contribution in [3.05, 3.63) is 28.5 Å². The number of hydrogen-bond acceptors (Lipinski definition) is 1. The van der Waals surface area contributed by atoms with E-state index in [9.17, 15) is 4.39 Å². The van der Waals surface area contributed by atoms with Crippen molar-refractivity contribution in [1.82, 2.24) is 0 Å². The van der Waals surface area contributed by atoms with Gasteiger partial charge in [0.1, 0.15) is 5.82 Å². The lowest BCUT2D eigenvalue weighted by Crippen LogP contribution is -2.16. The topological polar surface area (TPSA) is 12.0 Å². The number of para-hydroxylation sites is 1. The number of halogens is 2. The van der Waals surface area contributed by atoms with E-state index in [0.29, 0.717) is 10.2 Å². The van der Waals surface area contributed by atoms with Crippen molar-refractivity contribution >= 4 is 21.6 Å². The van der Waals surface area contributed by atoms with E-state index in [1.165, 1.54) is 6.07 Å². The Hall–Kier alpha value is -1.01. The molecule has 74 valence electrons. The van der Waals surface area contributed by atoms with Crippen LogP contribution in [0.2, 0.25) is 0 Å². The van der Waals surface area contributed by atoms with Gasteiger partial charge in [-0.15, -0.1) is 6.42 Å². The summed E-state index contributed by atoms with van der Waals surface area (Å²) in [5.41, 5.74) is 0.428. The molecule has 3 heteroatoms. The molecule has 0 aliphatic rings. The van der Waals surface area contributed by atoms with Crippen LogP contribution in [0.4, 0.5) is 10.1 Å². The average molecular weight is 256 g/mol. The van der Waals surface area contributed by atoms with Gasteiger partial charge in [0.15, 0.2) is 0 Å². The molecule has 0 amide bonds. The maximum atomic E-state index is 13.3. The van der Waals surface area contributed by atoms with Gasteiger partial charge in [0.2, 0.25) is 0 Å². The molecule has 1 nitrogen and oxygen atoms in total. The summed E-state index contributed by atoms with van der Waals surface area (Å²) in [6.07, 6.45) is 6.04. The number of terminal acetylenes is 1. The van der Waals surface area contributed by atoms with Gasteiger partial charge in [0.05, 0.1) is 11.7 Å². The van der Waals surface area contributed by atoms with Crippen molar-refractivity contribution in [2.24, 2.45) is 0 Å². The number of nitrogens with one attached hydrogen (secondary N) is 1. The van der Waals surface area contributed by atoms with Crippen LogP contribution in [0, 0.1) is 18.2 Å². The highest BCUT2D eigenvalue weighted by molar-refractivity contribution is 9.10. The summed E-state index contributed by atoms with van der Waals surface area (Å²) in [5, 5.41) is 2.96. The second-order valence-electron chi connectivity index (χ2n) is 2.87. The predicted octanol–water partition coefficient (Wildman–Crippen LogP) is 3.41. The van der Waals surface area contributed by atoms with Crippen LogP contribution in [0.3, 0.4) is 0 Å². The molecule has 1 rings (SSSR count). The maximum absolute atomic E-state index is 13.3. The third-order valence-electron chi connectivity index (χ3n) is 1.89. The quantitative estimate of drug-likeness (QED) is 0.817. The van der Waals surface area contributed by atoms with Crippen molar-refractivity contribution in [3.8, 4) is 12.3 Å². The van der Waals surface area contributed by atoms with E-state index in [2.05, 4.69) is 27.2 Å². The fourth-order valence-electron chi connectivity index (χ4n) is 1.07. The molecule has 0 spiro atoms. The third-order valence-corrected chi connectivity index (χ3v) is 2.55. The molecule has 1 aromatic rings. The van der Waals surface area contributed by atoms with E-state index >= 15 is 0 Å². The second-order valence-corrected chi connectivity index (χ2v) is 3.72. The Morgan fingerprint density at radius 2 is 2.36 bits per heavy atom. The summed E-state index contributed by atoms with van der Waals surface area (Å²) in [4.78, 5) is 0. The van der Waals surface area contributed by atoms with Gasteiger partial charge in [-0.3, -0.25) is 0 Å². The highest BCUT2D eigenvalue weighted by Crippen LogP contribution is 2.25. The van der Waals surface area contributed by atoms with Crippen molar-refractivity contribution in [2.45, 2.75) is 19.4 Å². The monoisotopic (exact) mass is 255 g/mol. The third kappa shape index (κ3) is 2.49. The first-order valence-electron chi connectivity index (χ1n) is 4.35. The smallest absolute Gasteiger partial charge is 0.147 e. The standard InChI is InChI=1S/C11H11BrFN/c1-3-8(4-2)14-11-9(12)6-5-7-10(11)13/h1,5-8,14H,4H2,2H3. The Morgan fingerprint density at radius 1 is 1.64 bits per heavy atom. The first kappa shape index (κ1) is 11.1. The largest absolute Gasteiger partial charge is 0.368 e. The lowest BCUT2D eigenvalue weighted by atomic mass is 10.2. The van der Waals surface area contributed by atoms with E-state index in [0.717, 1.165) is 6.42 Å². The van der Waals surface area contributed by atoms with Crippen LogP contribution in [-0.4, -0.2) is 6.04 Å². The number of anilines is 1. The average Bonchev–Trinajstić information content (AvgIpc) is 2.18. The molecule has 0 bridgehead atoms. The van der Waals surface area contributed by atoms with E-state index in [1.807, 2.05) is 6.92 Å². The van der Waals surface area contributed by atoms with E-state index in [-0.39, 0.29) is 11.9 Å². The van der Waals surface area contributed by atoms with Crippen molar-refractivity contribution in [1.29, 1.82) is 0 Å². The van der Waals surface area contributed by atoms with Crippen LogP contribution in [0.1, 0.15) is 13.3 Å².